The van der Waals surface area contributed by atoms with Crippen molar-refractivity contribution in [2.45, 2.75) is 58.9 Å². The summed E-state index contributed by atoms with van der Waals surface area (Å²) in [7, 11) is 0. The van der Waals surface area contributed by atoms with Crippen LogP contribution >= 0.6 is 11.6 Å². The molecule has 0 unspecified atom stereocenters. The van der Waals surface area contributed by atoms with Gasteiger partial charge in [-0.2, -0.15) is 9.97 Å². The van der Waals surface area contributed by atoms with Crippen LogP contribution in [0, 0.1) is 16.7 Å². The van der Waals surface area contributed by atoms with E-state index in [0.717, 1.165) is 50.1 Å². The lowest BCUT2D eigenvalue weighted by Gasteiger charge is -2.40. The number of aromatic nitrogens is 4. The Bertz CT molecular complexity index is 958. The predicted octanol–water partition coefficient (Wildman–Crippen LogP) is 3.65. The van der Waals surface area contributed by atoms with Gasteiger partial charge in [-0.05, 0) is 54.5 Å². The number of halogens is 1. The van der Waals surface area contributed by atoms with E-state index in [1.165, 1.54) is 6.42 Å². The molecule has 2 bridgehead atoms. The Morgan fingerprint density at radius 2 is 2.10 bits per heavy atom. The molecule has 156 valence electrons. The number of aromatic amines is 1. The van der Waals surface area contributed by atoms with Crippen LogP contribution in [0.15, 0.2) is 6.33 Å². The number of anilines is 1. The highest BCUT2D eigenvalue weighted by Crippen LogP contribution is 2.52. The quantitative estimate of drug-likeness (QED) is 0.756. The monoisotopic (exact) mass is 416 g/mol. The summed E-state index contributed by atoms with van der Waals surface area (Å²) in [5.41, 5.74) is 1.93. The maximum Gasteiger partial charge on any atom is 0.227 e. The lowest BCUT2D eigenvalue weighted by molar-refractivity contribution is -0.137. The van der Waals surface area contributed by atoms with E-state index >= 15 is 0 Å². The highest BCUT2D eigenvalue weighted by atomic mass is 35.5. The predicted molar refractivity (Wildman–Crippen MR) is 113 cm³/mol. The standard InChI is InChI=1S/C21H29ClN6O/c1-20(2)7-14-8-21(3,10-20)11-28(14)18(29)13-5-4-6-27(9-13)17-15-16(24-12-23-15)25-19(22)26-17/h12-14H,4-11H2,1-3H3,(H,23,24,25,26)/t13-,14-,21+/m1/s1. The zero-order chi connectivity index (χ0) is 20.4. The Hall–Kier alpha value is -1.89. The van der Waals surface area contributed by atoms with Crippen LogP contribution in [0.25, 0.3) is 11.2 Å². The number of amides is 1. The minimum atomic E-state index is 0.00141. The van der Waals surface area contributed by atoms with Gasteiger partial charge in [-0.25, -0.2) is 4.98 Å². The van der Waals surface area contributed by atoms with Gasteiger partial charge in [-0.3, -0.25) is 4.79 Å². The number of nitrogens with one attached hydrogen (secondary N) is 1. The van der Waals surface area contributed by atoms with Crippen LogP contribution < -0.4 is 4.90 Å². The fourth-order valence-corrected chi connectivity index (χ4v) is 6.50. The zero-order valence-corrected chi connectivity index (χ0v) is 18.2. The molecule has 2 aromatic rings. The topological polar surface area (TPSA) is 78.0 Å². The summed E-state index contributed by atoms with van der Waals surface area (Å²) in [6.07, 6.45) is 6.97. The molecule has 0 radical (unpaired) electrons. The van der Waals surface area contributed by atoms with E-state index in [2.05, 4.69) is 50.5 Å². The van der Waals surface area contributed by atoms with Crippen LogP contribution in [0.2, 0.25) is 5.28 Å². The maximum absolute atomic E-state index is 13.6. The van der Waals surface area contributed by atoms with Gasteiger partial charge in [0.15, 0.2) is 11.5 Å². The maximum atomic E-state index is 13.6. The van der Waals surface area contributed by atoms with Crippen molar-refractivity contribution in [1.29, 1.82) is 0 Å². The number of imidazole rings is 1. The van der Waals surface area contributed by atoms with Gasteiger partial charge in [0.1, 0.15) is 5.52 Å². The first-order chi connectivity index (χ1) is 13.7. The van der Waals surface area contributed by atoms with Gasteiger partial charge in [0.25, 0.3) is 0 Å². The first-order valence-electron chi connectivity index (χ1n) is 10.7. The summed E-state index contributed by atoms with van der Waals surface area (Å²) >= 11 is 6.13. The van der Waals surface area contributed by atoms with Crippen LogP contribution in [0.3, 0.4) is 0 Å². The molecule has 1 amide bonds. The number of carbonyl (C=O) groups is 1. The van der Waals surface area contributed by atoms with Crippen molar-refractivity contribution in [1.82, 2.24) is 24.8 Å². The molecule has 2 saturated heterocycles. The summed E-state index contributed by atoms with van der Waals surface area (Å²) in [6.45, 7) is 9.49. The van der Waals surface area contributed by atoms with Gasteiger partial charge < -0.3 is 14.8 Å². The van der Waals surface area contributed by atoms with Gasteiger partial charge >= 0.3 is 0 Å². The van der Waals surface area contributed by atoms with Crippen molar-refractivity contribution in [3.63, 3.8) is 0 Å². The summed E-state index contributed by atoms with van der Waals surface area (Å²) in [6, 6.07) is 0.388. The van der Waals surface area contributed by atoms with E-state index < -0.39 is 0 Å². The molecule has 0 aromatic carbocycles. The van der Waals surface area contributed by atoms with Gasteiger partial charge in [-0.15, -0.1) is 0 Å². The number of nitrogens with zero attached hydrogens (tertiary/aromatic N) is 5. The Kier molecular flexibility index (Phi) is 4.32. The SMILES string of the molecule is CC1(C)C[C@@H]2C[C@](C)(CN2C(=O)[C@@H]2CCCN(c3nc(Cl)nc4nc[nH]c34)C2)C1. The zero-order valence-electron chi connectivity index (χ0n) is 17.4. The summed E-state index contributed by atoms with van der Waals surface area (Å²) < 4.78 is 0. The summed E-state index contributed by atoms with van der Waals surface area (Å²) in [5, 5.41) is 0.191. The van der Waals surface area contributed by atoms with Crippen molar-refractivity contribution in [2.75, 3.05) is 24.5 Å². The second-order valence-corrected chi connectivity index (χ2v) is 10.7. The summed E-state index contributed by atoms with van der Waals surface area (Å²) in [4.78, 5) is 33.9. The third kappa shape index (κ3) is 3.37. The molecular formula is C21H29ClN6O. The van der Waals surface area contributed by atoms with E-state index in [4.69, 9.17) is 11.6 Å². The molecule has 7 nitrogen and oxygen atoms in total. The highest BCUT2D eigenvalue weighted by Gasteiger charge is 2.51. The molecule has 29 heavy (non-hydrogen) atoms. The van der Waals surface area contributed by atoms with Crippen LogP contribution in [-0.2, 0) is 4.79 Å². The minimum absolute atomic E-state index is 0.00141. The third-order valence-corrected chi connectivity index (χ3v) is 7.18. The highest BCUT2D eigenvalue weighted by molar-refractivity contribution is 6.28. The van der Waals surface area contributed by atoms with E-state index in [9.17, 15) is 4.79 Å². The Morgan fingerprint density at radius 3 is 2.93 bits per heavy atom. The number of likely N-dealkylation sites (tertiary alicyclic amines) is 1. The van der Waals surface area contributed by atoms with Crippen molar-refractivity contribution in [2.24, 2.45) is 16.7 Å². The van der Waals surface area contributed by atoms with Gasteiger partial charge in [0.05, 0.1) is 12.2 Å². The molecule has 1 saturated carbocycles. The van der Waals surface area contributed by atoms with Crippen LogP contribution in [-0.4, -0.2) is 56.4 Å². The van der Waals surface area contributed by atoms with Crippen molar-refractivity contribution < 1.29 is 4.79 Å². The molecular weight excluding hydrogens is 388 g/mol. The van der Waals surface area contributed by atoms with Crippen molar-refractivity contribution >= 4 is 34.5 Å². The van der Waals surface area contributed by atoms with Crippen LogP contribution in [0.1, 0.15) is 52.9 Å². The smallest absolute Gasteiger partial charge is 0.227 e. The average Bonchev–Trinajstić information content (AvgIpc) is 3.21. The van der Waals surface area contributed by atoms with Crippen molar-refractivity contribution in [3.05, 3.63) is 11.6 Å². The number of carbonyl (C=O) groups excluding carboxylic acids is 1. The molecule has 8 heteroatoms. The largest absolute Gasteiger partial charge is 0.354 e. The number of H-pyrrole nitrogens is 1. The molecule has 1 N–H and O–H groups in total. The van der Waals surface area contributed by atoms with E-state index in [-0.39, 0.29) is 16.6 Å². The minimum Gasteiger partial charge on any atom is -0.354 e. The van der Waals surface area contributed by atoms with E-state index in [1.54, 1.807) is 6.33 Å². The molecule has 4 heterocycles. The number of hydrogen-bond acceptors (Lipinski definition) is 5. The third-order valence-electron chi connectivity index (χ3n) is 7.01. The number of rotatable bonds is 2. The lowest BCUT2D eigenvalue weighted by Crippen LogP contribution is -2.47. The van der Waals surface area contributed by atoms with Gasteiger partial charge in [0, 0.05) is 25.7 Å². The fourth-order valence-electron chi connectivity index (χ4n) is 6.34. The van der Waals surface area contributed by atoms with Crippen molar-refractivity contribution in [3.8, 4) is 0 Å². The second kappa shape index (κ2) is 6.56. The molecule has 2 aliphatic heterocycles. The average molecular weight is 417 g/mol. The second-order valence-electron chi connectivity index (χ2n) is 10.4. The number of fused-ring (bicyclic) bond motifs is 3. The molecule has 1 aliphatic carbocycles. The molecule has 5 rings (SSSR count). The molecule has 2 aromatic heterocycles. The summed E-state index contributed by atoms with van der Waals surface area (Å²) in [5.74, 6) is 1.08. The van der Waals surface area contributed by atoms with Crippen LogP contribution in [0.4, 0.5) is 5.82 Å². The molecule has 0 spiro atoms. The first kappa shape index (κ1) is 19.1. The normalized spacial score (nSPS) is 31.4. The Morgan fingerprint density at radius 1 is 1.28 bits per heavy atom. The molecule has 3 atom stereocenters. The van der Waals surface area contributed by atoms with Crippen LogP contribution in [0.5, 0.6) is 0 Å². The molecule has 3 fully saturated rings. The van der Waals surface area contributed by atoms with E-state index in [0.29, 0.717) is 29.6 Å². The Labute approximate surface area is 176 Å². The number of hydrogen-bond donors (Lipinski definition) is 1. The lowest BCUT2D eigenvalue weighted by atomic mass is 9.65. The fraction of sp³-hybridized carbons (Fsp3) is 0.714. The van der Waals surface area contributed by atoms with Gasteiger partial charge in [0.2, 0.25) is 11.2 Å². The Balaban J connectivity index is 1.37. The molecule has 3 aliphatic rings. The van der Waals surface area contributed by atoms with E-state index in [1.807, 2.05) is 0 Å². The van der Waals surface area contributed by atoms with Gasteiger partial charge in [-0.1, -0.05) is 20.8 Å². The number of piperidine rings is 1. The first-order valence-corrected chi connectivity index (χ1v) is 11.0.